The molecule has 0 aliphatic carbocycles. The van der Waals surface area contributed by atoms with Crippen molar-refractivity contribution in [2.45, 2.75) is 4.90 Å². The molecule has 0 aliphatic heterocycles. The Kier molecular flexibility index (Phi) is 3.15. The van der Waals surface area contributed by atoms with Gasteiger partial charge in [0.2, 0.25) is 0 Å². The zero-order chi connectivity index (χ0) is 9.84. The topological polar surface area (TPSA) is 33.0 Å². The summed E-state index contributed by atoms with van der Waals surface area (Å²) in [4.78, 5) is 0.456. The fourth-order valence-electron chi connectivity index (χ4n) is 0.971. The van der Waals surface area contributed by atoms with E-state index in [0.717, 1.165) is 0 Å². The normalized spacial score (nSPS) is 9.38. The Morgan fingerprint density at radius 1 is 1.54 bits per heavy atom. The average Bonchev–Trinajstić information content (AvgIpc) is 2.17. The lowest BCUT2D eigenvalue weighted by Gasteiger charge is -2.05. The van der Waals surface area contributed by atoms with Crippen molar-refractivity contribution in [2.24, 2.45) is 0 Å². The summed E-state index contributed by atoms with van der Waals surface area (Å²) in [7, 11) is 1.41. The number of hydrogen-bond donors (Lipinski definition) is 0. The molecule has 2 nitrogen and oxygen atoms in total. The van der Waals surface area contributed by atoms with Crippen molar-refractivity contribution in [2.75, 3.05) is 13.4 Å². The van der Waals surface area contributed by atoms with E-state index >= 15 is 0 Å². The smallest absolute Gasteiger partial charge is 0.158 e. The first-order valence-corrected chi connectivity index (χ1v) is 4.77. The highest BCUT2D eigenvalue weighted by Crippen LogP contribution is 2.28. The fraction of sp³-hybridized carbons (Fsp3) is 0.222. The van der Waals surface area contributed by atoms with Crippen LogP contribution in [0.15, 0.2) is 17.0 Å². The van der Waals surface area contributed by atoms with Gasteiger partial charge in [-0.25, -0.2) is 4.39 Å². The van der Waals surface area contributed by atoms with Gasteiger partial charge in [0.25, 0.3) is 0 Å². The molecule has 0 saturated heterocycles. The molecule has 0 bridgehead atoms. The minimum Gasteiger partial charge on any atom is -0.495 e. The molecule has 1 aromatic carbocycles. The van der Waals surface area contributed by atoms with Gasteiger partial charge in [0.1, 0.15) is 17.4 Å². The van der Waals surface area contributed by atoms with E-state index < -0.39 is 5.82 Å². The molecule has 68 valence electrons. The van der Waals surface area contributed by atoms with E-state index in [-0.39, 0.29) is 11.3 Å². The first kappa shape index (κ1) is 9.87. The van der Waals surface area contributed by atoms with Crippen LogP contribution in [-0.2, 0) is 0 Å². The van der Waals surface area contributed by atoms with Crippen LogP contribution < -0.4 is 4.74 Å². The summed E-state index contributed by atoms with van der Waals surface area (Å²) in [6, 6.07) is 4.96. The number of rotatable bonds is 2. The van der Waals surface area contributed by atoms with Gasteiger partial charge >= 0.3 is 0 Å². The monoisotopic (exact) mass is 197 g/mol. The van der Waals surface area contributed by atoms with Crippen LogP contribution in [0.4, 0.5) is 4.39 Å². The van der Waals surface area contributed by atoms with Gasteiger partial charge in [0.05, 0.1) is 7.11 Å². The first-order valence-electron chi connectivity index (χ1n) is 3.55. The van der Waals surface area contributed by atoms with E-state index in [0.29, 0.717) is 4.90 Å². The number of methoxy groups -OCH3 is 1. The van der Waals surface area contributed by atoms with Gasteiger partial charge in [-0.2, -0.15) is 5.26 Å². The van der Waals surface area contributed by atoms with Crippen LogP contribution in [0, 0.1) is 17.1 Å². The minimum absolute atomic E-state index is 0.0330. The van der Waals surface area contributed by atoms with Gasteiger partial charge in [-0.15, -0.1) is 11.8 Å². The number of halogens is 1. The number of benzene rings is 1. The number of ether oxygens (including phenoxy) is 1. The third-order valence-corrected chi connectivity index (χ3v) is 2.38. The van der Waals surface area contributed by atoms with Crippen molar-refractivity contribution >= 4 is 11.8 Å². The summed E-state index contributed by atoms with van der Waals surface area (Å²) in [5, 5.41) is 8.67. The predicted molar refractivity (Wildman–Crippen MR) is 49.4 cm³/mol. The molecule has 0 fully saturated rings. The maximum atomic E-state index is 13.4. The van der Waals surface area contributed by atoms with Crippen LogP contribution in [0.1, 0.15) is 5.56 Å². The Morgan fingerprint density at radius 2 is 2.23 bits per heavy atom. The van der Waals surface area contributed by atoms with E-state index in [9.17, 15) is 4.39 Å². The van der Waals surface area contributed by atoms with E-state index in [1.165, 1.54) is 18.9 Å². The molecule has 0 heterocycles. The van der Waals surface area contributed by atoms with Crippen LogP contribution in [0.2, 0.25) is 0 Å². The lowest BCUT2D eigenvalue weighted by Crippen LogP contribution is -1.93. The van der Waals surface area contributed by atoms with E-state index in [4.69, 9.17) is 10.00 Å². The molecule has 0 aliphatic rings. The first-order chi connectivity index (χ1) is 6.24. The zero-order valence-electron chi connectivity index (χ0n) is 7.30. The highest BCUT2D eigenvalue weighted by atomic mass is 32.2. The summed E-state index contributed by atoms with van der Waals surface area (Å²) in [6.45, 7) is 0. The summed E-state index contributed by atoms with van der Waals surface area (Å²) in [5.41, 5.74) is -0.0330. The second-order valence-corrected chi connectivity index (χ2v) is 3.12. The minimum atomic E-state index is -0.505. The van der Waals surface area contributed by atoms with E-state index in [1.54, 1.807) is 24.5 Å². The molecule has 4 heteroatoms. The summed E-state index contributed by atoms with van der Waals surface area (Å²) in [5.74, 6) is -0.229. The number of nitrogens with zero attached hydrogens (tertiary/aromatic N) is 1. The van der Waals surface area contributed by atoms with Crippen molar-refractivity contribution in [3.63, 3.8) is 0 Å². The second-order valence-electron chi connectivity index (χ2n) is 2.27. The van der Waals surface area contributed by atoms with Crippen molar-refractivity contribution in [3.05, 3.63) is 23.5 Å². The summed E-state index contributed by atoms with van der Waals surface area (Å²) < 4.78 is 18.2. The van der Waals surface area contributed by atoms with Crippen molar-refractivity contribution < 1.29 is 9.13 Å². The molecule has 0 N–H and O–H groups in total. The third kappa shape index (κ3) is 1.76. The Labute approximate surface area is 80.3 Å². The quantitative estimate of drug-likeness (QED) is 0.682. The van der Waals surface area contributed by atoms with Gasteiger partial charge in [-0.05, 0) is 18.4 Å². The number of hydrogen-bond acceptors (Lipinski definition) is 3. The van der Waals surface area contributed by atoms with Gasteiger partial charge in [0.15, 0.2) is 5.82 Å². The van der Waals surface area contributed by atoms with Gasteiger partial charge in [-0.1, -0.05) is 0 Å². The Bertz CT molecular complexity index is 359. The molecule has 13 heavy (non-hydrogen) atoms. The molecule has 0 unspecified atom stereocenters. The van der Waals surface area contributed by atoms with Gasteiger partial charge < -0.3 is 4.74 Å². The maximum absolute atomic E-state index is 13.4. The average molecular weight is 197 g/mol. The number of nitriles is 1. The predicted octanol–water partition coefficient (Wildman–Crippen LogP) is 2.43. The molecular formula is C9H8FNOS. The van der Waals surface area contributed by atoms with Crippen LogP contribution in [0.3, 0.4) is 0 Å². The molecule has 0 spiro atoms. The third-order valence-electron chi connectivity index (χ3n) is 1.62. The molecular weight excluding hydrogens is 189 g/mol. The summed E-state index contributed by atoms with van der Waals surface area (Å²) >= 11 is 1.26. The summed E-state index contributed by atoms with van der Waals surface area (Å²) in [6.07, 6.45) is 1.76. The lowest BCUT2D eigenvalue weighted by atomic mass is 10.2. The Balaban J connectivity index is 3.34. The van der Waals surface area contributed by atoms with Crippen LogP contribution in [0.25, 0.3) is 0 Å². The van der Waals surface area contributed by atoms with E-state index in [2.05, 4.69) is 0 Å². The molecule has 0 amide bonds. The fourth-order valence-corrected chi connectivity index (χ4v) is 1.46. The van der Waals surface area contributed by atoms with Crippen LogP contribution in [0.5, 0.6) is 5.75 Å². The molecule has 0 radical (unpaired) electrons. The van der Waals surface area contributed by atoms with Crippen molar-refractivity contribution in [1.82, 2.24) is 0 Å². The molecule has 1 rings (SSSR count). The molecule has 0 atom stereocenters. The van der Waals surface area contributed by atoms with Gasteiger partial charge in [-0.3, -0.25) is 0 Å². The lowest BCUT2D eigenvalue weighted by molar-refractivity contribution is 0.408. The highest BCUT2D eigenvalue weighted by Gasteiger charge is 2.12. The molecule has 0 aromatic heterocycles. The SMILES string of the molecule is COc1ccc(SC)c(F)c1C#N. The Hall–Kier alpha value is -1.21. The van der Waals surface area contributed by atoms with Crippen molar-refractivity contribution in [3.8, 4) is 11.8 Å². The largest absolute Gasteiger partial charge is 0.495 e. The molecule has 0 saturated carbocycles. The zero-order valence-corrected chi connectivity index (χ0v) is 8.11. The van der Waals surface area contributed by atoms with E-state index in [1.807, 2.05) is 0 Å². The molecule has 1 aromatic rings. The second kappa shape index (κ2) is 4.15. The highest BCUT2D eigenvalue weighted by molar-refractivity contribution is 7.98. The maximum Gasteiger partial charge on any atom is 0.158 e. The number of thioether (sulfide) groups is 1. The van der Waals surface area contributed by atoms with Crippen molar-refractivity contribution in [1.29, 1.82) is 5.26 Å². The van der Waals surface area contributed by atoms with Gasteiger partial charge in [0, 0.05) is 4.90 Å². The standard InChI is InChI=1S/C9H8FNOS/c1-12-7-3-4-8(13-2)9(10)6(7)5-11/h3-4H,1-2H3. The van der Waals surface area contributed by atoms with Crippen LogP contribution in [-0.4, -0.2) is 13.4 Å². The Morgan fingerprint density at radius 3 is 2.69 bits per heavy atom. The van der Waals surface area contributed by atoms with Crippen LogP contribution >= 0.6 is 11.8 Å².